The van der Waals surface area contributed by atoms with Crippen LogP contribution in [-0.4, -0.2) is 20.8 Å². The number of halogens is 1. The highest BCUT2D eigenvalue weighted by molar-refractivity contribution is 6.30. The fourth-order valence-electron chi connectivity index (χ4n) is 2.00. The molecule has 0 aliphatic rings. The molecule has 1 heterocycles. The largest absolute Gasteiger partial charge is 0.292 e. The van der Waals surface area contributed by atoms with Crippen LogP contribution in [0.1, 0.15) is 16.1 Å². The number of carbonyl (C=O) groups is 1. The quantitative estimate of drug-likeness (QED) is 0.694. The number of ketones is 1. The maximum Gasteiger partial charge on any atom is 0.189 e. The Labute approximate surface area is 127 Å². The van der Waals surface area contributed by atoms with Crippen LogP contribution < -0.4 is 0 Å². The molecule has 0 aliphatic heterocycles. The van der Waals surface area contributed by atoms with Gasteiger partial charge in [-0.3, -0.25) is 4.79 Å². The minimum Gasteiger partial charge on any atom is -0.292 e. The van der Waals surface area contributed by atoms with Crippen molar-refractivity contribution in [1.82, 2.24) is 15.0 Å². The van der Waals surface area contributed by atoms with Crippen molar-refractivity contribution in [3.05, 3.63) is 77.1 Å². The molecule has 0 spiro atoms. The van der Waals surface area contributed by atoms with E-state index in [9.17, 15) is 4.79 Å². The Hall–Kier alpha value is -2.46. The van der Waals surface area contributed by atoms with E-state index in [4.69, 9.17) is 11.6 Å². The second-order valence-corrected chi connectivity index (χ2v) is 5.02. The smallest absolute Gasteiger partial charge is 0.189 e. The zero-order valence-electron chi connectivity index (χ0n) is 11.1. The number of carbonyl (C=O) groups excluding carboxylic acids is 1. The molecular weight excluding hydrogens is 286 g/mol. The molecule has 3 rings (SSSR count). The van der Waals surface area contributed by atoms with Gasteiger partial charge in [-0.1, -0.05) is 41.9 Å². The highest BCUT2D eigenvalue weighted by Gasteiger charge is 2.12. The highest BCUT2D eigenvalue weighted by Crippen LogP contribution is 2.13. The van der Waals surface area contributed by atoms with Crippen LogP contribution in [0.3, 0.4) is 0 Å². The molecule has 0 unspecified atom stereocenters. The van der Waals surface area contributed by atoms with Gasteiger partial charge in [-0.25, -0.2) is 0 Å². The van der Waals surface area contributed by atoms with Crippen molar-refractivity contribution in [2.75, 3.05) is 0 Å². The van der Waals surface area contributed by atoms with Crippen LogP contribution in [0.25, 0.3) is 5.69 Å². The Kier molecular flexibility index (Phi) is 3.79. The summed E-state index contributed by atoms with van der Waals surface area (Å²) in [6.07, 6.45) is 1.74. The molecular formula is C16H12ClN3O. The molecule has 1 aromatic heterocycles. The van der Waals surface area contributed by atoms with Crippen LogP contribution in [0.2, 0.25) is 5.02 Å². The summed E-state index contributed by atoms with van der Waals surface area (Å²) in [4.78, 5) is 13.7. The number of nitrogens with zero attached hydrogens (tertiary/aromatic N) is 3. The van der Waals surface area contributed by atoms with E-state index in [-0.39, 0.29) is 12.2 Å². The Morgan fingerprint density at radius 2 is 1.90 bits per heavy atom. The standard InChI is InChI=1S/C16H12ClN3O/c17-13-6-4-5-12(9-13)10-16(21)15-11-18-20(19-15)14-7-2-1-3-8-14/h1-9,11H,10H2. The lowest BCUT2D eigenvalue weighted by Gasteiger charge is -1.99. The molecule has 0 amide bonds. The normalized spacial score (nSPS) is 10.5. The molecule has 0 saturated heterocycles. The van der Waals surface area contributed by atoms with E-state index in [0.29, 0.717) is 10.7 Å². The molecule has 0 saturated carbocycles. The van der Waals surface area contributed by atoms with E-state index in [2.05, 4.69) is 10.2 Å². The summed E-state index contributed by atoms with van der Waals surface area (Å²) in [7, 11) is 0. The maximum absolute atomic E-state index is 12.2. The van der Waals surface area contributed by atoms with Crippen molar-refractivity contribution in [2.45, 2.75) is 6.42 Å². The molecule has 5 heteroatoms. The van der Waals surface area contributed by atoms with Gasteiger partial charge in [0, 0.05) is 11.4 Å². The first kappa shape index (κ1) is 13.5. The third-order valence-corrected chi connectivity index (χ3v) is 3.25. The van der Waals surface area contributed by atoms with Crippen molar-refractivity contribution < 1.29 is 4.79 Å². The van der Waals surface area contributed by atoms with Crippen molar-refractivity contribution in [1.29, 1.82) is 0 Å². The van der Waals surface area contributed by atoms with E-state index in [1.165, 1.54) is 11.0 Å². The van der Waals surface area contributed by atoms with Gasteiger partial charge < -0.3 is 0 Å². The summed E-state index contributed by atoms with van der Waals surface area (Å²) in [6.45, 7) is 0. The van der Waals surface area contributed by atoms with Crippen LogP contribution in [-0.2, 0) is 6.42 Å². The molecule has 0 N–H and O–H groups in total. The highest BCUT2D eigenvalue weighted by atomic mass is 35.5. The van der Waals surface area contributed by atoms with Crippen LogP contribution in [0.4, 0.5) is 0 Å². The van der Waals surface area contributed by atoms with Gasteiger partial charge in [0.2, 0.25) is 0 Å². The number of Topliss-reactive ketones (excluding diaryl/α,β-unsaturated/α-hetero) is 1. The number of hydrogen-bond acceptors (Lipinski definition) is 3. The Morgan fingerprint density at radius 3 is 2.67 bits per heavy atom. The second-order valence-electron chi connectivity index (χ2n) is 4.58. The lowest BCUT2D eigenvalue weighted by molar-refractivity contribution is 0.0988. The minimum absolute atomic E-state index is 0.0838. The van der Waals surface area contributed by atoms with Gasteiger partial charge in [0.25, 0.3) is 0 Å². The Morgan fingerprint density at radius 1 is 1.10 bits per heavy atom. The number of rotatable bonds is 4. The van der Waals surface area contributed by atoms with E-state index >= 15 is 0 Å². The van der Waals surface area contributed by atoms with Crippen molar-refractivity contribution >= 4 is 17.4 Å². The summed E-state index contributed by atoms with van der Waals surface area (Å²) >= 11 is 5.92. The third-order valence-electron chi connectivity index (χ3n) is 3.02. The summed E-state index contributed by atoms with van der Waals surface area (Å²) in [6, 6.07) is 16.7. The molecule has 0 fully saturated rings. The monoisotopic (exact) mass is 297 g/mol. The topological polar surface area (TPSA) is 47.8 Å². The zero-order valence-corrected chi connectivity index (χ0v) is 11.9. The predicted octanol–water partition coefficient (Wildman–Crippen LogP) is 3.35. The second kappa shape index (κ2) is 5.89. The van der Waals surface area contributed by atoms with E-state index in [1.807, 2.05) is 42.5 Å². The third kappa shape index (κ3) is 3.17. The van der Waals surface area contributed by atoms with Gasteiger partial charge in [0.15, 0.2) is 5.78 Å². The number of aromatic nitrogens is 3. The van der Waals surface area contributed by atoms with E-state index in [0.717, 1.165) is 11.3 Å². The first-order valence-corrected chi connectivity index (χ1v) is 6.85. The van der Waals surface area contributed by atoms with Gasteiger partial charge in [-0.05, 0) is 29.8 Å². The first-order valence-electron chi connectivity index (χ1n) is 6.48. The molecule has 0 bridgehead atoms. The van der Waals surface area contributed by atoms with E-state index < -0.39 is 0 Å². The molecule has 104 valence electrons. The lowest BCUT2D eigenvalue weighted by atomic mass is 10.1. The molecule has 2 aromatic carbocycles. The van der Waals surface area contributed by atoms with Gasteiger partial charge in [-0.2, -0.15) is 9.90 Å². The van der Waals surface area contributed by atoms with Crippen molar-refractivity contribution in [2.24, 2.45) is 0 Å². The molecule has 0 atom stereocenters. The van der Waals surface area contributed by atoms with Gasteiger partial charge in [0.05, 0.1) is 11.9 Å². The maximum atomic E-state index is 12.2. The van der Waals surface area contributed by atoms with Gasteiger partial charge >= 0.3 is 0 Å². The summed E-state index contributed by atoms with van der Waals surface area (Å²) < 4.78 is 0. The summed E-state index contributed by atoms with van der Waals surface area (Å²) in [5.41, 5.74) is 2.03. The number of para-hydroxylation sites is 1. The summed E-state index contributed by atoms with van der Waals surface area (Å²) in [5.74, 6) is -0.0838. The average molecular weight is 298 g/mol. The minimum atomic E-state index is -0.0838. The fraction of sp³-hybridized carbons (Fsp3) is 0.0625. The van der Waals surface area contributed by atoms with Crippen molar-refractivity contribution in [3.63, 3.8) is 0 Å². The van der Waals surface area contributed by atoms with E-state index in [1.54, 1.807) is 12.1 Å². The van der Waals surface area contributed by atoms with Crippen molar-refractivity contribution in [3.8, 4) is 5.69 Å². The summed E-state index contributed by atoms with van der Waals surface area (Å²) in [5, 5.41) is 8.97. The Bertz CT molecular complexity index is 768. The SMILES string of the molecule is O=C(Cc1cccc(Cl)c1)c1cnn(-c2ccccc2)n1. The molecule has 3 aromatic rings. The van der Waals surface area contributed by atoms with Gasteiger partial charge in [-0.15, -0.1) is 5.10 Å². The average Bonchev–Trinajstić information content (AvgIpc) is 2.98. The fourth-order valence-corrected chi connectivity index (χ4v) is 2.21. The predicted molar refractivity (Wildman–Crippen MR) is 80.8 cm³/mol. The Balaban J connectivity index is 1.78. The first-order chi connectivity index (χ1) is 10.2. The molecule has 0 aliphatic carbocycles. The molecule has 0 radical (unpaired) electrons. The van der Waals surface area contributed by atoms with Crippen LogP contribution in [0.5, 0.6) is 0 Å². The number of hydrogen-bond donors (Lipinski definition) is 0. The lowest BCUT2D eigenvalue weighted by Crippen LogP contribution is -2.06. The molecule has 4 nitrogen and oxygen atoms in total. The zero-order chi connectivity index (χ0) is 14.7. The molecule has 21 heavy (non-hydrogen) atoms. The van der Waals surface area contributed by atoms with Crippen LogP contribution in [0, 0.1) is 0 Å². The number of benzene rings is 2. The van der Waals surface area contributed by atoms with Crippen LogP contribution >= 0.6 is 11.6 Å². The van der Waals surface area contributed by atoms with Gasteiger partial charge in [0.1, 0.15) is 5.69 Å². The van der Waals surface area contributed by atoms with Crippen LogP contribution in [0.15, 0.2) is 60.8 Å².